The Balaban J connectivity index is 1.28. The van der Waals surface area contributed by atoms with Gasteiger partial charge >= 0.3 is 12.0 Å². The smallest absolute Gasteiger partial charge is 0.339 e. The molecule has 3 aliphatic heterocycles. The van der Waals surface area contributed by atoms with E-state index in [1.54, 1.807) is 18.2 Å². The topological polar surface area (TPSA) is 147 Å². The van der Waals surface area contributed by atoms with E-state index in [0.29, 0.717) is 16.0 Å². The highest BCUT2D eigenvalue weighted by Gasteiger charge is 2.57. The zero-order valence-corrected chi connectivity index (χ0v) is 23.4. The number of methoxy groups -OCH3 is 1. The summed E-state index contributed by atoms with van der Waals surface area (Å²) in [5.74, 6) is -5.43. The Hall–Kier alpha value is -5.79. The van der Waals surface area contributed by atoms with E-state index in [1.807, 2.05) is 0 Å². The minimum absolute atomic E-state index is 0.0818. The second-order valence-corrected chi connectivity index (χ2v) is 10.7. The molecule has 3 aliphatic rings. The first-order chi connectivity index (χ1) is 21.6. The summed E-state index contributed by atoms with van der Waals surface area (Å²) in [6.07, 6.45) is 0. The number of hydrogen-bond acceptors (Lipinski definition) is 8. The van der Waals surface area contributed by atoms with Gasteiger partial charge in [0, 0.05) is 18.5 Å². The number of benzene rings is 3. The molecule has 1 aromatic heterocycles. The first kappa shape index (κ1) is 28.0. The third kappa shape index (κ3) is 4.20. The minimum Gasteiger partial charge on any atom is -0.494 e. The number of ether oxygens (including phenoxy) is 2. The lowest BCUT2D eigenvalue weighted by Crippen LogP contribution is -2.52. The van der Waals surface area contributed by atoms with E-state index in [9.17, 15) is 24.0 Å². The number of esters is 1. The molecule has 3 aromatic carbocycles. The first-order valence-electron chi connectivity index (χ1n) is 13.7. The number of hydrogen-bond donors (Lipinski definition) is 2. The van der Waals surface area contributed by atoms with Gasteiger partial charge in [0.05, 0.1) is 30.3 Å². The molecule has 4 aromatic rings. The second kappa shape index (κ2) is 10.1. The number of carbonyl (C=O) groups is 5. The van der Waals surface area contributed by atoms with Crippen molar-refractivity contribution in [3.05, 3.63) is 99.8 Å². The Labute approximate surface area is 252 Å². The molecule has 0 saturated carbocycles. The predicted molar refractivity (Wildman–Crippen MR) is 149 cm³/mol. The van der Waals surface area contributed by atoms with Crippen molar-refractivity contribution in [1.29, 1.82) is 0 Å². The summed E-state index contributed by atoms with van der Waals surface area (Å²) in [5, 5.41) is 5.27. The van der Waals surface area contributed by atoms with E-state index >= 15 is 8.78 Å². The van der Waals surface area contributed by atoms with Crippen LogP contribution in [0.15, 0.2) is 59.0 Å². The Bertz CT molecular complexity index is 1980. The van der Waals surface area contributed by atoms with Gasteiger partial charge in [0.15, 0.2) is 35.2 Å². The van der Waals surface area contributed by atoms with E-state index in [2.05, 4.69) is 10.6 Å². The lowest BCUT2D eigenvalue weighted by atomic mass is 9.94. The van der Waals surface area contributed by atoms with E-state index in [0.717, 1.165) is 4.90 Å². The Kier molecular flexibility index (Phi) is 6.31. The number of halogens is 2. The molecule has 228 valence electrons. The summed E-state index contributed by atoms with van der Waals surface area (Å²) in [7, 11) is 1.25. The zero-order valence-electron chi connectivity index (χ0n) is 23.4. The number of urea groups is 1. The SMILES string of the molecule is COc1ccc2c(c1F)C(=O)N(C[C@@]1(c3cc4cc5c(c(F)c4o3)C(=O)NC5)NC(=O)N(COC(=O)c3ccccc3)C1=O)C2. The van der Waals surface area contributed by atoms with Crippen LogP contribution in [0.5, 0.6) is 5.75 Å². The summed E-state index contributed by atoms with van der Waals surface area (Å²) in [6, 6.07) is 12.6. The van der Waals surface area contributed by atoms with Gasteiger partial charge in [-0.15, -0.1) is 0 Å². The summed E-state index contributed by atoms with van der Waals surface area (Å²) in [6.45, 7) is -1.40. The number of carbonyl (C=O) groups excluding carboxylic acids is 5. The molecule has 5 amide bonds. The van der Waals surface area contributed by atoms with Crippen molar-refractivity contribution in [2.75, 3.05) is 20.4 Å². The highest BCUT2D eigenvalue weighted by Crippen LogP contribution is 2.39. The van der Waals surface area contributed by atoms with Gasteiger partial charge in [0.25, 0.3) is 17.7 Å². The predicted octanol–water partition coefficient (Wildman–Crippen LogP) is 3.18. The maximum atomic E-state index is 15.5. The molecule has 4 heterocycles. The fourth-order valence-electron chi connectivity index (χ4n) is 5.90. The average molecular weight is 617 g/mol. The van der Waals surface area contributed by atoms with Crippen LogP contribution in [-0.2, 0) is 28.2 Å². The molecule has 14 heteroatoms. The van der Waals surface area contributed by atoms with Crippen LogP contribution in [-0.4, -0.2) is 59.9 Å². The molecule has 12 nitrogen and oxygen atoms in total. The third-order valence-corrected chi connectivity index (χ3v) is 8.13. The van der Waals surface area contributed by atoms with Gasteiger partial charge in [-0.05, 0) is 41.5 Å². The Morgan fingerprint density at radius 1 is 1.00 bits per heavy atom. The third-order valence-electron chi connectivity index (χ3n) is 8.13. The van der Waals surface area contributed by atoms with Crippen LogP contribution in [0.1, 0.15) is 48.0 Å². The lowest BCUT2D eigenvalue weighted by Gasteiger charge is -2.29. The maximum absolute atomic E-state index is 15.5. The molecular weight excluding hydrogens is 594 g/mol. The van der Waals surface area contributed by atoms with Gasteiger partial charge in [-0.3, -0.25) is 14.4 Å². The van der Waals surface area contributed by atoms with Gasteiger partial charge in [0.1, 0.15) is 5.76 Å². The number of nitrogens with zero attached hydrogens (tertiary/aromatic N) is 2. The van der Waals surface area contributed by atoms with Crippen molar-refractivity contribution in [2.45, 2.75) is 18.6 Å². The van der Waals surface area contributed by atoms with Crippen LogP contribution in [0.4, 0.5) is 13.6 Å². The summed E-state index contributed by atoms with van der Waals surface area (Å²) in [4.78, 5) is 67.5. The Morgan fingerprint density at radius 3 is 2.53 bits per heavy atom. The molecule has 45 heavy (non-hydrogen) atoms. The van der Waals surface area contributed by atoms with Gasteiger partial charge in [-0.2, -0.15) is 0 Å². The van der Waals surface area contributed by atoms with Gasteiger partial charge in [0.2, 0.25) is 0 Å². The van der Waals surface area contributed by atoms with E-state index in [-0.39, 0.29) is 52.3 Å². The fourth-order valence-corrected chi connectivity index (χ4v) is 5.90. The highest BCUT2D eigenvalue weighted by molar-refractivity contribution is 6.09. The van der Waals surface area contributed by atoms with Crippen LogP contribution in [0, 0.1) is 11.6 Å². The molecule has 1 saturated heterocycles. The van der Waals surface area contributed by atoms with Crippen LogP contribution in [0.3, 0.4) is 0 Å². The summed E-state index contributed by atoms with van der Waals surface area (Å²) >= 11 is 0. The standard InChI is InChI=1S/C31H22F2N4O8/c1-43-19-8-7-16-12-36(27(39)22(16)23(19)32)13-31(20-10-17-9-18-11-34-26(38)21(18)24(33)25(17)45-20)29(41)37(30(42)35-31)14-44-28(40)15-5-3-2-4-6-15/h2-10H,11-14H2,1H3,(H,34,38)(H,35,42)/t31-/m0/s1. The quantitative estimate of drug-likeness (QED) is 0.238. The van der Waals surface area contributed by atoms with Crippen molar-refractivity contribution >= 4 is 40.7 Å². The van der Waals surface area contributed by atoms with Crippen molar-refractivity contribution in [3.8, 4) is 5.75 Å². The average Bonchev–Trinajstić information content (AvgIpc) is 3.77. The zero-order chi connectivity index (χ0) is 31.6. The molecule has 0 spiro atoms. The number of furan rings is 1. The van der Waals surface area contributed by atoms with Crippen LogP contribution < -0.4 is 15.4 Å². The first-order valence-corrected chi connectivity index (χ1v) is 13.7. The Morgan fingerprint density at radius 2 is 1.78 bits per heavy atom. The van der Waals surface area contributed by atoms with E-state index in [4.69, 9.17) is 13.9 Å². The summed E-state index contributed by atoms with van der Waals surface area (Å²) < 4.78 is 46.7. The summed E-state index contributed by atoms with van der Waals surface area (Å²) in [5.41, 5.74) is -2.08. The van der Waals surface area contributed by atoms with Crippen LogP contribution in [0.2, 0.25) is 0 Å². The van der Waals surface area contributed by atoms with Crippen LogP contribution in [0.25, 0.3) is 11.0 Å². The largest absolute Gasteiger partial charge is 0.494 e. The maximum Gasteiger partial charge on any atom is 0.339 e. The minimum atomic E-state index is -2.15. The molecule has 1 atom stereocenters. The molecule has 7 rings (SSSR count). The molecule has 0 unspecified atom stereocenters. The fraction of sp³-hybridized carbons (Fsp3) is 0.194. The van der Waals surface area contributed by atoms with E-state index in [1.165, 1.54) is 43.5 Å². The molecule has 0 aliphatic carbocycles. The normalized spacial score (nSPS) is 18.7. The van der Waals surface area contributed by atoms with Gasteiger partial charge < -0.3 is 29.4 Å². The molecule has 1 fully saturated rings. The van der Waals surface area contributed by atoms with Crippen molar-refractivity contribution in [1.82, 2.24) is 20.4 Å². The number of rotatable bonds is 7. The van der Waals surface area contributed by atoms with Crippen molar-refractivity contribution < 1.29 is 46.6 Å². The molecular formula is C31H22F2N4O8. The van der Waals surface area contributed by atoms with Gasteiger partial charge in [-0.25, -0.2) is 23.3 Å². The number of fused-ring (bicyclic) bond motifs is 3. The van der Waals surface area contributed by atoms with Crippen molar-refractivity contribution in [3.63, 3.8) is 0 Å². The molecule has 0 bridgehead atoms. The molecule has 0 radical (unpaired) electrons. The second-order valence-electron chi connectivity index (χ2n) is 10.7. The molecule has 2 N–H and O–H groups in total. The number of nitrogens with one attached hydrogen (secondary N) is 2. The van der Waals surface area contributed by atoms with Gasteiger partial charge in [-0.1, -0.05) is 24.3 Å². The monoisotopic (exact) mass is 616 g/mol. The lowest BCUT2D eigenvalue weighted by molar-refractivity contribution is -0.135. The van der Waals surface area contributed by atoms with E-state index < -0.39 is 60.2 Å². The number of imide groups is 1. The van der Waals surface area contributed by atoms with Crippen LogP contribution >= 0.6 is 0 Å². The highest BCUT2D eigenvalue weighted by atomic mass is 19.1. The number of amides is 5. The van der Waals surface area contributed by atoms with Crippen molar-refractivity contribution in [2.24, 2.45) is 0 Å².